The molecule has 3 amide bonds. The summed E-state index contributed by atoms with van der Waals surface area (Å²) in [6.07, 6.45) is 0. The first-order valence-corrected chi connectivity index (χ1v) is 7.65. The number of nitrogens with two attached hydrogens (primary N) is 1. The summed E-state index contributed by atoms with van der Waals surface area (Å²) in [4.78, 5) is 25.4. The monoisotopic (exact) mass is 329 g/mol. The second-order valence-electron chi connectivity index (χ2n) is 5.39. The van der Waals surface area contributed by atoms with Gasteiger partial charge in [-0.25, -0.2) is 9.18 Å². The van der Waals surface area contributed by atoms with Crippen molar-refractivity contribution in [2.24, 2.45) is 5.73 Å². The molecular formula is C18H20FN3O2. The summed E-state index contributed by atoms with van der Waals surface area (Å²) >= 11 is 0. The van der Waals surface area contributed by atoms with E-state index in [9.17, 15) is 14.0 Å². The summed E-state index contributed by atoms with van der Waals surface area (Å²) < 4.78 is 13.1. The van der Waals surface area contributed by atoms with E-state index in [0.717, 1.165) is 5.56 Å². The predicted molar refractivity (Wildman–Crippen MR) is 91.2 cm³/mol. The number of rotatable bonds is 5. The van der Waals surface area contributed by atoms with Crippen LogP contribution >= 0.6 is 0 Å². The summed E-state index contributed by atoms with van der Waals surface area (Å²) in [6, 6.07) is 11.8. The van der Waals surface area contributed by atoms with Gasteiger partial charge in [0.2, 0.25) is 0 Å². The summed E-state index contributed by atoms with van der Waals surface area (Å²) in [5.74, 6) is -0.493. The van der Waals surface area contributed by atoms with E-state index < -0.39 is 6.03 Å². The van der Waals surface area contributed by atoms with Crippen LogP contribution in [0.3, 0.4) is 0 Å². The maximum atomic E-state index is 13.1. The fraction of sp³-hybridized carbons (Fsp3) is 0.222. The van der Waals surface area contributed by atoms with Crippen molar-refractivity contribution in [3.05, 3.63) is 65.5 Å². The molecule has 126 valence electrons. The Hall–Kier alpha value is -2.89. The lowest BCUT2D eigenvalue weighted by Crippen LogP contribution is -2.33. The van der Waals surface area contributed by atoms with Gasteiger partial charge in [0.15, 0.2) is 0 Å². The second kappa shape index (κ2) is 7.59. The van der Waals surface area contributed by atoms with Crippen molar-refractivity contribution in [1.82, 2.24) is 4.90 Å². The van der Waals surface area contributed by atoms with Crippen LogP contribution in [0.2, 0.25) is 0 Å². The molecule has 0 saturated heterocycles. The van der Waals surface area contributed by atoms with E-state index in [0.29, 0.717) is 17.8 Å². The normalized spacial score (nSPS) is 11.6. The molecule has 1 unspecified atom stereocenters. The second-order valence-corrected chi connectivity index (χ2v) is 5.39. The number of halogens is 1. The van der Waals surface area contributed by atoms with Crippen molar-refractivity contribution >= 4 is 17.6 Å². The summed E-state index contributed by atoms with van der Waals surface area (Å²) in [7, 11) is 0. The van der Waals surface area contributed by atoms with Crippen LogP contribution in [0.15, 0.2) is 48.5 Å². The van der Waals surface area contributed by atoms with Crippen LogP contribution in [-0.4, -0.2) is 23.4 Å². The van der Waals surface area contributed by atoms with Crippen molar-refractivity contribution in [2.75, 3.05) is 11.9 Å². The van der Waals surface area contributed by atoms with Crippen molar-refractivity contribution in [3.63, 3.8) is 0 Å². The molecule has 0 saturated carbocycles. The number of primary amides is 1. The summed E-state index contributed by atoms with van der Waals surface area (Å²) in [5, 5.41) is 2.45. The van der Waals surface area contributed by atoms with Gasteiger partial charge in [0.1, 0.15) is 5.82 Å². The molecule has 0 heterocycles. The lowest BCUT2D eigenvalue weighted by molar-refractivity contribution is 0.0702. The van der Waals surface area contributed by atoms with Gasteiger partial charge in [0.05, 0.1) is 6.04 Å². The van der Waals surface area contributed by atoms with Crippen molar-refractivity contribution in [3.8, 4) is 0 Å². The van der Waals surface area contributed by atoms with E-state index in [2.05, 4.69) is 5.32 Å². The minimum absolute atomic E-state index is 0.178. The van der Waals surface area contributed by atoms with Gasteiger partial charge in [-0.1, -0.05) is 18.2 Å². The molecule has 6 heteroatoms. The smallest absolute Gasteiger partial charge is 0.316 e. The van der Waals surface area contributed by atoms with Crippen molar-refractivity contribution in [1.29, 1.82) is 0 Å². The average Bonchev–Trinajstić information content (AvgIpc) is 2.55. The van der Waals surface area contributed by atoms with Gasteiger partial charge in [0, 0.05) is 17.8 Å². The standard InChI is InChI=1S/C18H20FN3O2/c1-3-22(12(2)13-7-9-15(19)10-8-13)17(23)14-5-4-6-16(11-14)21-18(20)24/h4-12H,3H2,1-2H3,(H3,20,21,24). The Bertz CT molecular complexity index is 731. The molecular weight excluding hydrogens is 309 g/mol. The first-order chi connectivity index (χ1) is 11.4. The van der Waals surface area contributed by atoms with E-state index in [1.807, 2.05) is 13.8 Å². The molecule has 3 N–H and O–H groups in total. The highest BCUT2D eigenvalue weighted by Crippen LogP contribution is 2.23. The molecule has 0 aromatic heterocycles. The Balaban J connectivity index is 2.25. The third-order valence-electron chi connectivity index (χ3n) is 3.80. The zero-order valence-electron chi connectivity index (χ0n) is 13.6. The zero-order chi connectivity index (χ0) is 17.7. The Kier molecular flexibility index (Phi) is 5.52. The molecule has 0 bridgehead atoms. The lowest BCUT2D eigenvalue weighted by atomic mass is 10.1. The van der Waals surface area contributed by atoms with E-state index in [1.54, 1.807) is 41.3 Å². The maximum absolute atomic E-state index is 13.1. The molecule has 0 fully saturated rings. The van der Waals surface area contributed by atoms with E-state index >= 15 is 0 Å². The Morgan fingerprint density at radius 2 is 1.88 bits per heavy atom. The third kappa shape index (κ3) is 4.10. The minimum atomic E-state index is -0.688. The molecule has 0 aliphatic rings. The number of nitrogens with zero attached hydrogens (tertiary/aromatic N) is 1. The number of anilines is 1. The zero-order valence-corrected chi connectivity index (χ0v) is 13.6. The Morgan fingerprint density at radius 3 is 2.46 bits per heavy atom. The highest BCUT2D eigenvalue weighted by Gasteiger charge is 2.21. The van der Waals surface area contributed by atoms with Crippen LogP contribution in [0.5, 0.6) is 0 Å². The Morgan fingerprint density at radius 1 is 1.21 bits per heavy atom. The van der Waals surface area contributed by atoms with Crippen molar-refractivity contribution < 1.29 is 14.0 Å². The van der Waals surface area contributed by atoms with E-state index in [4.69, 9.17) is 5.73 Å². The van der Waals surface area contributed by atoms with Crippen LogP contribution < -0.4 is 11.1 Å². The third-order valence-corrected chi connectivity index (χ3v) is 3.80. The van der Waals surface area contributed by atoms with Gasteiger partial charge in [-0.3, -0.25) is 4.79 Å². The van der Waals surface area contributed by atoms with Crippen LogP contribution in [-0.2, 0) is 0 Å². The number of urea groups is 1. The lowest BCUT2D eigenvalue weighted by Gasteiger charge is -2.28. The maximum Gasteiger partial charge on any atom is 0.316 e. The molecule has 2 aromatic carbocycles. The summed E-state index contributed by atoms with van der Waals surface area (Å²) in [6.45, 7) is 4.26. The predicted octanol–water partition coefficient (Wildman–Crippen LogP) is 3.54. The highest BCUT2D eigenvalue weighted by atomic mass is 19.1. The average molecular weight is 329 g/mol. The molecule has 0 aliphatic carbocycles. The largest absolute Gasteiger partial charge is 0.351 e. The fourth-order valence-corrected chi connectivity index (χ4v) is 2.55. The topological polar surface area (TPSA) is 75.4 Å². The quantitative estimate of drug-likeness (QED) is 0.880. The van der Waals surface area contributed by atoms with Gasteiger partial charge >= 0.3 is 6.03 Å². The van der Waals surface area contributed by atoms with Gasteiger partial charge in [0.25, 0.3) is 5.91 Å². The first kappa shape index (κ1) is 17.5. The molecule has 1 atom stereocenters. The number of benzene rings is 2. The van der Waals surface area contributed by atoms with Crippen LogP contribution in [0, 0.1) is 5.82 Å². The molecule has 2 aromatic rings. The number of hydrogen-bond donors (Lipinski definition) is 2. The molecule has 2 rings (SSSR count). The molecule has 24 heavy (non-hydrogen) atoms. The number of amides is 3. The van der Waals surface area contributed by atoms with Gasteiger partial charge in [-0.05, 0) is 49.7 Å². The van der Waals surface area contributed by atoms with Gasteiger partial charge in [-0.15, -0.1) is 0 Å². The van der Waals surface area contributed by atoms with E-state index in [1.165, 1.54) is 12.1 Å². The minimum Gasteiger partial charge on any atom is -0.351 e. The van der Waals surface area contributed by atoms with Crippen LogP contribution in [0.4, 0.5) is 14.9 Å². The number of carbonyl (C=O) groups is 2. The number of hydrogen-bond acceptors (Lipinski definition) is 2. The van der Waals surface area contributed by atoms with E-state index in [-0.39, 0.29) is 17.8 Å². The highest BCUT2D eigenvalue weighted by molar-refractivity contribution is 5.96. The number of carbonyl (C=O) groups excluding carboxylic acids is 2. The molecule has 0 aliphatic heterocycles. The fourth-order valence-electron chi connectivity index (χ4n) is 2.55. The Labute approximate surface area is 140 Å². The van der Waals surface area contributed by atoms with Crippen molar-refractivity contribution in [2.45, 2.75) is 19.9 Å². The van der Waals surface area contributed by atoms with Gasteiger partial charge < -0.3 is 16.0 Å². The molecule has 0 spiro atoms. The van der Waals surface area contributed by atoms with Crippen LogP contribution in [0.25, 0.3) is 0 Å². The van der Waals surface area contributed by atoms with Crippen LogP contribution in [0.1, 0.15) is 35.8 Å². The summed E-state index contributed by atoms with van der Waals surface area (Å²) in [5.41, 5.74) is 6.84. The number of nitrogens with one attached hydrogen (secondary N) is 1. The molecule has 5 nitrogen and oxygen atoms in total. The first-order valence-electron chi connectivity index (χ1n) is 7.65. The molecule has 0 radical (unpaired) electrons. The SMILES string of the molecule is CCN(C(=O)c1cccc(NC(N)=O)c1)C(C)c1ccc(F)cc1. The van der Waals surface area contributed by atoms with Gasteiger partial charge in [-0.2, -0.15) is 0 Å².